The number of benzene rings is 1. The van der Waals surface area contributed by atoms with Crippen molar-refractivity contribution in [2.75, 3.05) is 0 Å². The molecule has 0 aromatic heterocycles. The Morgan fingerprint density at radius 1 is 1.25 bits per heavy atom. The van der Waals surface area contributed by atoms with E-state index in [9.17, 15) is 5.11 Å². The van der Waals surface area contributed by atoms with Crippen LogP contribution in [0, 0.1) is 6.92 Å². The van der Waals surface area contributed by atoms with Crippen molar-refractivity contribution < 1.29 is 5.11 Å². The highest BCUT2D eigenvalue weighted by atomic mass is 16.3. The SMILES string of the molecule is Cc1ccccc1CNC1CCCCC1O. The first-order valence-electron chi connectivity index (χ1n) is 6.23. The third-order valence-electron chi connectivity index (χ3n) is 3.55. The summed E-state index contributed by atoms with van der Waals surface area (Å²) in [6, 6.07) is 8.70. The molecule has 2 atom stereocenters. The molecule has 1 saturated carbocycles. The summed E-state index contributed by atoms with van der Waals surface area (Å²) in [7, 11) is 0. The molecule has 16 heavy (non-hydrogen) atoms. The monoisotopic (exact) mass is 219 g/mol. The Balaban J connectivity index is 1.89. The maximum Gasteiger partial charge on any atom is 0.0693 e. The van der Waals surface area contributed by atoms with E-state index in [0.29, 0.717) is 0 Å². The van der Waals surface area contributed by atoms with Crippen LogP contribution in [0.2, 0.25) is 0 Å². The fourth-order valence-corrected chi connectivity index (χ4v) is 2.40. The van der Waals surface area contributed by atoms with Gasteiger partial charge in [-0.15, -0.1) is 0 Å². The molecule has 0 amide bonds. The lowest BCUT2D eigenvalue weighted by Gasteiger charge is -2.28. The lowest BCUT2D eigenvalue weighted by Crippen LogP contribution is -2.41. The topological polar surface area (TPSA) is 32.3 Å². The average molecular weight is 219 g/mol. The van der Waals surface area contributed by atoms with Crippen LogP contribution in [0.25, 0.3) is 0 Å². The van der Waals surface area contributed by atoms with E-state index in [2.05, 4.69) is 36.5 Å². The molecule has 0 aliphatic heterocycles. The first-order chi connectivity index (χ1) is 7.77. The maximum absolute atomic E-state index is 9.85. The van der Waals surface area contributed by atoms with Gasteiger partial charge in [0.2, 0.25) is 0 Å². The molecule has 1 aliphatic rings. The van der Waals surface area contributed by atoms with E-state index in [0.717, 1.165) is 19.4 Å². The number of nitrogens with one attached hydrogen (secondary N) is 1. The van der Waals surface area contributed by atoms with Gasteiger partial charge >= 0.3 is 0 Å². The van der Waals surface area contributed by atoms with Crippen LogP contribution in [0.4, 0.5) is 0 Å². The molecule has 1 aliphatic carbocycles. The van der Waals surface area contributed by atoms with E-state index in [1.54, 1.807) is 0 Å². The fourth-order valence-electron chi connectivity index (χ4n) is 2.40. The van der Waals surface area contributed by atoms with Gasteiger partial charge in [0.15, 0.2) is 0 Å². The van der Waals surface area contributed by atoms with Gasteiger partial charge in [-0.1, -0.05) is 37.1 Å². The first-order valence-corrected chi connectivity index (χ1v) is 6.23. The minimum absolute atomic E-state index is 0.155. The van der Waals surface area contributed by atoms with Gasteiger partial charge in [0, 0.05) is 12.6 Å². The number of aryl methyl sites for hydroxylation is 1. The van der Waals surface area contributed by atoms with E-state index in [1.807, 2.05) is 0 Å². The quantitative estimate of drug-likeness (QED) is 0.818. The van der Waals surface area contributed by atoms with E-state index in [4.69, 9.17) is 0 Å². The Kier molecular flexibility index (Phi) is 3.97. The van der Waals surface area contributed by atoms with Crippen molar-refractivity contribution in [1.82, 2.24) is 5.32 Å². The first kappa shape index (κ1) is 11.6. The molecule has 0 radical (unpaired) electrons. The number of aliphatic hydroxyl groups is 1. The van der Waals surface area contributed by atoms with Crippen LogP contribution in [0.5, 0.6) is 0 Å². The second-order valence-corrected chi connectivity index (χ2v) is 4.77. The molecule has 2 N–H and O–H groups in total. The van der Waals surface area contributed by atoms with Crippen molar-refractivity contribution in [2.45, 2.75) is 51.3 Å². The zero-order valence-corrected chi connectivity index (χ0v) is 9.95. The van der Waals surface area contributed by atoms with Gasteiger partial charge in [-0.2, -0.15) is 0 Å². The highest BCUT2D eigenvalue weighted by molar-refractivity contribution is 5.25. The summed E-state index contributed by atoms with van der Waals surface area (Å²) in [5.74, 6) is 0. The van der Waals surface area contributed by atoms with Crippen molar-refractivity contribution in [3.63, 3.8) is 0 Å². The Hall–Kier alpha value is -0.860. The van der Waals surface area contributed by atoms with Gasteiger partial charge in [-0.05, 0) is 30.9 Å². The van der Waals surface area contributed by atoms with E-state index in [1.165, 1.54) is 24.0 Å². The smallest absolute Gasteiger partial charge is 0.0693 e. The third-order valence-corrected chi connectivity index (χ3v) is 3.55. The molecule has 2 unspecified atom stereocenters. The molecule has 0 bridgehead atoms. The predicted molar refractivity (Wildman–Crippen MR) is 66.3 cm³/mol. The van der Waals surface area contributed by atoms with Crippen molar-refractivity contribution in [2.24, 2.45) is 0 Å². The van der Waals surface area contributed by atoms with Crippen molar-refractivity contribution in [1.29, 1.82) is 0 Å². The molecule has 2 heteroatoms. The van der Waals surface area contributed by atoms with Crippen LogP contribution >= 0.6 is 0 Å². The zero-order chi connectivity index (χ0) is 11.4. The third kappa shape index (κ3) is 2.83. The summed E-state index contributed by atoms with van der Waals surface area (Å²) in [6.07, 6.45) is 4.31. The summed E-state index contributed by atoms with van der Waals surface area (Å²) >= 11 is 0. The number of aliphatic hydroxyl groups excluding tert-OH is 1. The molecule has 88 valence electrons. The Morgan fingerprint density at radius 2 is 2.00 bits per heavy atom. The summed E-state index contributed by atoms with van der Waals surface area (Å²) in [4.78, 5) is 0. The van der Waals surface area contributed by atoms with Crippen LogP contribution in [0.1, 0.15) is 36.8 Å². The fraction of sp³-hybridized carbons (Fsp3) is 0.571. The largest absolute Gasteiger partial charge is 0.392 e. The van der Waals surface area contributed by atoms with Gasteiger partial charge in [0.25, 0.3) is 0 Å². The molecule has 1 fully saturated rings. The molecule has 2 nitrogen and oxygen atoms in total. The Bertz CT molecular complexity index is 337. The van der Waals surface area contributed by atoms with Gasteiger partial charge in [-0.25, -0.2) is 0 Å². The van der Waals surface area contributed by atoms with E-state index >= 15 is 0 Å². The molecule has 0 heterocycles. The van der Waals surface area contributed by atoms with Gasteiger partial charge < -0.3 is 10.4 Å². The number of rotatable bonds is 3. The summed E-state index contributed by atoms with van der Waals surface area (Å²) in [5, 5.41) is 13.3. The Labute approximate surface area is 97.7 Å². The molecule has 0 saturated heterocycles. The number of hydrogen-bond donors (Lipinski definition) is 2. The summed E-state index contributed by atoms with van der Waals surface area (Å²) in [6.45, 7) is 3.00. The highest BCUT2D eigenvalue weighted by Crippen LogP contribution is 2.19. The highest BCUT2D eigenvalue weighted by Gasteiger charge is 2.22. The minimum atomic E-state index is -0.155. The molecular weight excluding hydrogens is 198 g/mol. The zero-order valence-electron chi connectivity index (χ0n) is 9.95. The van der Waals surface area contributed by atoms with Gasteiger partial charge in [0.05, 0.1) is 6.10 Å². The maximum atomic E-state index is 9.85. The van der Waals surface area contributed by atoms with Crippen molar-refractivity contribution in [3.05, 3.63) is 35.4 Å². The molecule has 1 aromatic carbocycles. The van der Waals surface area contributed by atoms with Gasteiger partial charge in [-0.3, -0.25) is 0 Å². The van der Waals surface area contributed by atoms with Crippen LogP contribution < -0.4 is 5.32 Å². The molecule has 1 aromatic rings. The minimum Gasteiger partial charge on any atom is -0.392 e. The second kappa shape index (κ2) is 5.46. The van der Waals surface area contributed by atoms with Crippen molar-refractivity contribution in [3.8, 4) is 0 Å². The summed E-state index contributed by atoms with van der Waals surface area (Å²) < 4.78 is 0. The van der Waals surface area contributed by atoms with Crippen LogP contribution in [0.15, 0.2) is 24.3 Å². The second-order valence-electron chi connectivity index (χ2n) is 4.77. The molecule has 2 rings (SSSR count). The lowest BCUT2D eigenvalue weighted by molar-refractivity contribution is 0.0902. The molecular formula is C14H21NO. The van der Waals surface area contributed by atoms with E-state index in [-0.39, 0.29) is 12.1 Å². The van der Waals surface area contributed by atoms with Crippen LogP contribution in [-0.4, -0.2) is 17.3 Å². The lowest BCUT2D eigenvalue weighted by atomic mass is 9.92. The standard InChI is InChI=1S/C14H21NO/c1-11-6-2-3-7-12(11)10-15-13-8-4-5-9-14(13)16/h2-3,6-7,13-16H,4-5,8-10H2,1H3. The van der Waals surface area contributed by atoms with Crippen LogP contribution in [0.3, 0.4) is 0 Å². The summed E-state index contributed by atoms with van der Waals surface area (Å²) in [5.41, 5.74) is 2.65. The average Bonchev–Trinajstić information content (AvgIpc) is 2.30. The molecule has 0 spiro atoms. The normalized spacial score (nSPS) is 25.6. The predicted octanol–water partition coefficient (Wildman–Crippen LogP) is 2.39. The number of hydrogen-bond acceptors (Lipinski definition) is 2. The van der Waals surface area contributed by atoms with E-state index < -0.39 is 0 Å². The van der Waals surface area contributed by atoms with Gasteiger partial charge in [0.1, 0.15) is 0 Å². The Morgan fingerprint density at radius 3 is 2.75 bits per heavy atom. The van der Waals surface area contributed by atoms with Crippen LogP contribution in [-0.2, 0) is 6.54 Å². The van der Waals surface area contributed by atoms with Crippen molar-refractivity contribution >= 4 is 0 Å².